The van der Waals surface area contributed by atoms with Crippen LogP contribution < -0.4 is 4.74 Å². The van der Waals surface area contributed by atoms with Crippen molar-refractivity contribution in [2.45, 2.75) is 13.1 Å². The maximum absolute atomic E-state index is 10.7. The highest BCUT2D eigenvalue weighted by atomic mass is 16.5. The summed E-state index contributed by atoms with van der Waals surface area (Å²) in [7, 11) is 1.60. The standard InChI is InChI=1S/C10H11NO3/c1-14-9-3-2-7-5-11(10(12)13)6-8(7)4-9/h2-4H,5-6H2,1H3,(H,12,13). The third kappa shape index (κ3) is 1.39. The predicted octanol–water partition coefficient (Wildman–Crippen LogP) is 1.69. The molecule has 0 aromatic heterocycles. The van der Waals surface area contributed by atoms with Crippen molar-refractivity contribution in [1.82, 2.24) is 4.90 Å². The summed E-state index contributed by atoms with van der Waals surface area (Å²) in [6, 6.07) is 5.65. The lowest BCUT2D eigenvalue weighted by atomic mass is 10.1. The maximum Gasteiger partial charge on any atom is 0.407 e. The second-order valence-electron chi connectivity index (χ2n) is 3.27. The van der Waals surface area contributed by atoms with Crippen molar-refractivity contribution in [2.24, 2.45) is 0 Å². The molecule has 14 heavy (non-hydrogen) atoms. The SMILES string of the molecule is COc1ccc2c(c1)CN(C(=O)O)C2. The van der Waals surface area contributed by atoms with Crippen molar-refractivity contribution in [2.75, 3.05) is 7.11 Å². The summed E-state index contributed by atoms with van der Waals surface area (Å²) in [5.74, 6) is 0.774. The van der Waals surface area contributed by atoms with Gasteiger partial charge in [0.2, 0.25) is 0 Å². The molecular formula is C10H11NO3. The highest BCUT2D eigenvalue weighted by Crippen LogP contribution is 2.26. The predicted molar refractivity (Wildman–Crippen MR) is 50.3 cm³/mol. The Morgan fingerprint density at radius 2 is 2.14 bits per heavy atom. The third-order valence-electron chi connectivity index (χ3n) is 2.41. The van der Waals surface area contributed by atoms with E-state index in [9.17, 15) is 4.79 Å². The highest BCUT2D eigenvalue weighted by Gasteiger charge is 2.22. The average Bonchev–Trinajstić information content (AvgIpc) is 2.59. The van der Waals surface area contributed by atoms with E-state index in [-0.39, 0.29) is 0 Å². The van der Waals surface area contributed by atoms with Crippen LogP contribution >= 0.6 is 0 Å². The van der Waals surface area contributed by atoms with Crippen molar-refractivity contribution < 1.29 is 14.6 Å². The number of fused-ring (bicyclic) bond motifs is 1. The number of ether oxygens (including phenoxy) is 1. The molecule has 0 saturated heterocycles. The fourth-order valence-electron chi connectivity index (χ4n) is 1.63. The Morgan fingerprint density at radius 1 is 1.43 bits per heavy atom. The van der Waals surface area contributed by atoms with Gasteiger partial charge >= 0.3 is 6.09 Å². The summed E-state index contributed by atoms with van der Waals surface area (Å²) < 4.78 is 5.07. The molecule has 1 N–H and O–H groups in total. The Morgan fingerprint density at radius 3 is 2.79 bits per heavy atom. The quantitative estimate of drug-likeness (QED) is 0.738. The summed E-state index contributed by atoms with van der Waals surface area (Å²) in [6.07, 6.45) is -0.875. The van der Waals surface area contributed by atoms with Crippen LogP contribution in [-0.2, 0) is 13.1 Å². The lowest BCUT2D eigenvalue weighted by molar-refractivity contribution is 0.145. The number of carboxylic acid groups (broad SMARTS) is 1. The average molecular weight is 193 g/mol. The molecule has 2 rings (SSSR count). The van der Waals surface area contributed by atoms with Crippen molar-refractivity contribution in [3.8, 4) is 5.75 Å². The van der Waals surface area contributed by atoms with E-state index in [2.05, 4.69) is 0 Å². The van der Waals surface area contributed by atoms with E-state index in [1.54, 1.807) is 7.11 Å². The van der Waals surface area contributed by atoms with Gasteiger partial charge in [0.05, 0.1) is 7.11 Å². The molecule has 4 nitrogen and oxygen atoms in total. The molecular weight excluding hydrogens is 182 g/mol. The van der Waals surface area contributed by atoms with Gasteiger partial charge in [0.1, 0.15) is 5.75 Å². The number of methoxy groups -OCH3 is 1. The van der Waals surface area contributed by atoms with E-state index in [0.717, 1.165) is 16.9 Å². The Balaban J connectivity index is 2.27. The summed E-state index contributed by atoms with van der Waals surface area (Å²) in [4.78, 5) is 12.1. The molecule has 0 saturated carbocycles. The zero-order valence-electron chi connectivity index (χ0n) is 7.86. The fraction of sp³-hybridized carbons (Fsp3) is 0.300. The van der Waals surface area contributed by atoms with Crippen LogP contribution in [0, 0.1) is 0 Å². The minimum absolute atomic E-state index is 0.460. The second kappa shape index (κ2) is 3.21. The lowest BCUT2D eigenvalue weighted by Gasteiger charge is -2.08. The molecule has 0 fully saturated rings. The Bertz CT molecular complexity index is 376. The van der Waals surface area contributed by atoms with Gasteiger partial charge in [0, 0.05) is 13.1 Å². The molecule has 4 heteroatoms. The summed E-state index contributed by atoms with van der Waals surface area (Å²) >= 11 is 0. The number of carbonyl (C=O) groups is 1. The molecule has 1 amide bonds. The van der Waals surface area contributed by atoms with Crippen LogP contribution in [-0.4, -0.2) is 23.2 Å². The summed E-state index contributed by atoms with van der Waals surface area (Å²) in [6.45, 7) is 0.941. The van der Waals surface area contributed by atoms with Crippen molar-refractivity contribution >= 4 is 6.09 Å². The molecule has 1 aliphatic rings. The van der Waals surface area contributed by atoms with Gasteiger partial charge in [0.15, 0.2) is 0 Å². The molecule has 0 radical (unpaired) electrons. The van der Waals surface area contributed by atoms with E-state index in [1.165, 1.54) is 4.90 Å². The Labute approximate surface area is 81.7 Å². The Hall–Kier alpha value is -1.71. The van der Waals surface area contributed by atoms with E-state index >= 15 is 0 Å². The first kappa shape index (κ1) is 8.87. The molecule has 0 bridgehead atoms. The van der Waals surface area contributed by atoms with Gasteiger partial charge in [-0.25, -0.2) is 4.79 Å². The van der Waals surface area contributed by atoms with E-state index < -0.39 is 6.09 Å². The lowest BCUT2D eigenvalue weighted by Crippen LogP contribution is -2.22. The first-order valence-electron chi connectivity index (χ1n) is 4.34. The zero-order valence-corrected chi connectivity index (χ0v) is 7.86. The smallest absolute Gasteiger partial charge is 0.407 e. The fourth-order valence-corrected chi connectivity index (χ4v) is 1.63. The third-order valence-corrected chi connectivity index (χ3v) is 2.41. The number of rotatable bonds is 1. The van der Waals surface area contributed by atoms with Gasteiger partial charge < -0.3 is 9.84 Å². The van der Waals surface area contributed by atoms with Crippen LogP contribution in [0.15, 0.2) is 18.2 Å². The first-order chi connectivity index (χ1) is 6.70. The van der Waals surface area contributed by atoms with E-state index in [0.29, 0.717) is 13.1 Å². The number of amides is 1. The second-order valence-corrected chi connectivity index (χ2v) is 3.27. The number of nitrogens with zero attached hydrogens (tertiary/aromatic N) is 1. The molecule has 1 aromatic rings. The first-order valence-corrected chi connectivity index (χ1v) is 4.34. The highest BCUT2D eigenvalue weighted by molar-refractivity contribution is 5.66. The molecule has 1 aromatic carbocycles. The molecule has 0 unspecified atom stereocenters. The van der Waals surface area contributed by atoms with Crippen LogP contribution in [0.2, 0.25) is 0 Å². The number of hydrogen-bond donors (Lipinski definition) is 1. The van der Waals surface area contributed by atoms with Gasteiger partial charge in [-0.05, 0) is 23.3 Å². The van der Waals surface area contributed by atoms with E-state index in [1.807, 2.05) is 18.2 Å². The van der Waals surface area contributed by atoms with Gasteiger partial charge in [-0.2, -0.15) is 0 Å². The number of hydrogen-bond acceptors (Lipinski definition) is 2. The molecule has 1 heterocycles. The van der Waals surface area contributed by atoms with Crippen LogP contribution in [0.4, 0.5) is 4.79 Å². The largest absolute Gasteiger partial charge is 0.497 e. The van der Waals surface area contributed by atoms with Crippen LogP contribution in [0.1, 0.15) is 11.1 Å². The van der Waals surface area contributed by atoms with Crippen molar-refractivity contribution in [3.63, 3.8) is 0 Å². The molecule has 1 aliphatic heterocycles. The van der Waals surface area contributed by atoms with Gasteiger partial charge in [0.25, 0.3) is 0 Å². The monoisotopic (exact) mass is 193 g/mol. The maximum atomic E-state index is 10.7. The van der Waals surface area contributed by atoms with E-state index in [4.69, 9.17) is 9.84 Å². The summed E-state index contributed by atoms with van der Waals surface area (Å²) in [5, 5.41) is 8.81. The summed E-state index contributed by atoms with van der Waals surface area (Å²) in [5.41, 5.74) is 2.10. The van der Waals surface area contributed by atoms with Crippen LogP contribution in [0.5, 0.6) is 5.75 Å². The van der Waals surface area contributed by atoms with Gasteiger partial charge in [-0.3, -0.25) is 4.90 Å². The zero-order chi connectivity index (χ0) is 10.1. The minimum atomic E-state index is -0.875. The van der Waals surface area contributed by atoms with Crippen LogP contribution in [0.3, 0.4) is 0 Å². The molecule has 74 valence electrons. The molecule has 0 spiro atoms. The molecule has 0 atom stereocenters. The number of benzene rings is 1. The topological polar surface area (TPSA) is 49.8 Å². The van der Waals surface area contributed by atoms with Gasteiger partial charge in [-0.15, -0.1) is 0 Å². The molecule has 0 aliphatic carbocycles. The Kier molecular flexibility index (Phi) is 2.04. The minimum Gasteiger partial charge on any atom is -0.497 e. The van der Waals surface area contributed by atoms with Gasteiger partial charge in [-0.1, -0.05) is 6.07 Å². The normalized spacial score (nSPS) is 13.9. The van der Waals surface area contributed by atoms with Crippen LogP contribution in [0.25, 0.3) is 0 Å². The van der Waals surface area contributed by atoms with Crippen molar-refractivity contribution in [3.05, 3.63) is 29.3 Å². The van der Waals surface area contributed by atoms with Crippen molar-refractivity contribution in [1.29, 1.82) is 0 Å².